The first-order chi connectivity index (χ1) is 9.34. The van der Waals surface area contributed by atoms with Crippen LogP contribution in [0.25, 0.3) is 0 Å². The molecule has 2 unspecified atom stereocenters. The smallest absolute Gasteiger partial charge is 0.0588 e. The Kier molecular flexibility index (Phi) is 4.04. The topological polar surface area (TPSA) is 33.3 Å². The third-order valence-corrected chi connectivity index (χ3v) is 4.45. The van der Waals surface area contributed by atoms with E-state index in [0.717, 1.165) is 26.2 Å². The fraction of sp³-hybridized carbons (Fsp3) is 0.625. The fourth-order valence-electron chi connectivity index (χ4n) is 3.19. The predicted molar refractivity (Wildman–Crippen MR) is 78.5 cm³/mol. The Hall–Kier alpha value is -1.06. The molecule has 2 heterocycles. The number of anilines is 1. The summed E-state index contributed by atoms with van der Waals surface area (Å²) in [6.45, 7) is 6.28. The van der Waals surface area contributed by atoms with Crippen molar-refractivity contribution in [1.29, 1.82) is 0 Å². The summed E-state index contributed by atoms with van der Waals surface area (Å²) in [5, 5.41) is 7.11. The number of fused-ring (bicyclic) bond motifs is 1. The van der Waals surface area contributed by atoms with E-state index in [1.54, 1.807) is 0 Å². The zero-order valence-corrected chi connectivity index (χ0v) is 11.7. The monoisotopic (exact) mass is 260 g/mol. The Bertz CT molecular complexity index is 433. The van der Waals surface area contributed by atoms with Crippen LogP contribution in [0.15, 0.2) is 18.2 Å². The van der Waals surface area contributed by atoms with Gasteiger partial charge in [0.1, 0.15) is 0 Å². The van der Waals surface area contributed by atoms with E-state index >= 15 is 0 Å². The van der Waals surface area contributed by atoms with Crippen molar-refractivity contribution in [3.05, 3.63) is 29.3 Å². The summed E-state index contributed by atoms with van der Waals surface area (Å²) >= 11 is 0. The van der Waals surface area contributed by atoms with Gasteiger partial charge >= 0.3 is 0 Å². The lowest BCUT2D eigenvalue weighted by Gasteiger charge is -2.22. The van der Waals surface area contributed by atoms with Crippen LogP contribution in [0.4, 0.5) is 5.69 Å². The molecule has 0 aliphatic carbocycles. The molecule has 0 radical (unpaired) electrons. The maximum atomic E-state index is 5.61. The largest absolute Gasteiger partial charge is 0.385 e. The lowest BCUT2D eigenvalue weighted by atomic mass is 9.97. The van der Waals surface area contributed by atoms with Gasteiger partial charge in [-0.1, -0.05) is 12.1 Å². The van der Waals surface area contributed by atoms with E-state index in [9.17, 15) is 0 Å². The minimum atomic E-state index is 0.416. The van der Waals surface area contributed by atoms with Gasteiger partial charge in [-0.25, -0.2) is 0 Å². The summed E-state index contributed by atoms with van der Waals surface area (Å²) in [4.78, 5) is 0. The molecule has 0 amide bonds. The second kappa shape index (κ2) is 5.93. The van der Waals surface area contributed by atoms with Gasteiger partial charge in [0, 0.05) is 31.9 Å². The quantitative estimate of drug-likeness (QED) is 0.873. The molecule has 3 nitrogen and oxygen atoms in total. The van der Waals surface area contributed by atoms with E-state index in [0.29, 0.717) is 12.0 Å². The Morgan fingerprint density at radius 1 is 1.42 bits per heavy atom. The standard InChI is InChI=1S/C16H24N2O/c1-12-13(7-9-19-12)10-17-11-14-4-2-6-16-15(14)5-3-8-18-16/h2,4,6,12-13,17-18H,3,5,7-11H2,1H3. The molecule has 19 heavy (non-hydrogen) atoms. The molecule has 2 aliphatic heterocycles. The number of hydrogen-bond acceptors (Lipinski definition) is 3. The molecule has 0 spiro atoms. The molecule has 3 heteroatoms. The number of ether oxygens (including phenoxy) is 1. The lowest BCUT2D eigenvalue weighted by Crippen LogP contribution is -2.27. The van der Waals surface area contributed by atoms with Gasteiger partial charge in [0.2, 0.25) is 0 Å². The van der Waals surface area contributed by atoms with Gasteiger partial charge in [-0.2, -0.15) is 0 Å². The molecular formula is C16H24N2O. The van der Waals surface area contributed by atoms with Crippen LogP contribution in [0.5, 0.6) is 0 Å². The normalized spacial score (nSPS) is 25.9. The van der Waals surface area contributed by atoms with Crippen LogP contribution < -0.4 is 10.6 Å². The Morgan fingerprint density at radius 3 is 3.21 bits per heavy atom. The molecule has 0 aromatic heterocycles. The molecule has 1 aromatic carbocycles. The fourth-order valence-corrected chi connectivity index (χ4v) is 3.19. The van der Waals surface area contributed by atoms with Gasteiger partial charge in [-0.15, -0.1) is 0 Å². The summed E-state index contributed by atoms with van der Waals surface area (Å²) in [7, 11) is 0. The minimum absolute atomic E-state index is 0.416. The maximum absolute atomic E-state index is 5.61. The molecule has 0 bridgehead atoms. The van der Waals surface area contributed by atoms with Gasteiger partial charge in [0.25, 0.3) is 0 Å². The van der Waals surface area contributed by atoms with Crippen molar-refractivity contribution in [3.8, 4) is 0 Å². The van der Waals surface area contributed by atoms with E-state index < -0.39 is 0 Å². The number of rotatable bonds is 4. The number of benzene rings is 1. The second-order valence-electron chi connectivity index (χ2n) is 5.73. The summed E-state index contributed by atoms with van der Waals surface area (Å²) in [5.74, 6) is 0.678. The highest BCUT2D eigenvalue weighted by molar-refractivity contribution is 5.56. The average molecular weight is 260 g/mol. The molecule has 1 fully saturated rings. The van der Waals surface area contributed by atoms with Crippen molar-refractivity contribution in [2.75, 3.05) is 25.0 Å². The van der Waals surface area contributed by atoms with E-state index in [1.807, 2.05) is 0 Å². The molecule has 2 atom stereocenters. The maximum Gasteiger partial charge on any atom is 0.0588 e. The number of hydrogen-bond donors (Lipinski definition) is 2. The predicted octanol–water partition coefficient (Wildman–Crippen LogP) is 2.56. The number of nitrogens with one attached hydrogen (secondary N) is 2. The highest BCUT2D eigenvalue weighted by atomic mass is 16.5. The molecule has 3 rings (SSSR count). The Balaban J connectivity index is 1.58. The van der Waals surface area contributed by atoms with Gasteiger partial charge in [-0.3, -0.25) is 0 Å². The first kappa shape index (κ1) is 12.9. The first-order valence-electron chi connectivity index (χ1n) is 7.51. The molecule has 0 saturated carbocycles. The van der Waals surface area contributed by atoms with Crippen LogP contribution >= 0.6 is 0 Å². The van der Waals surface area contributed by atoms with Crippen LogP contribution in [0.2, 0.25) is 0 Å². The van der Waals surface area contributed by atoms with Crippen LogP contribution in [-0.4, -0.2) is 25.8 Å². The van der Waals surface area contributed by atoms with Crippen molar-refractivity contribution >= 4 is 5.69 Å². The Morgan fingerprint density at radius 2 is 2.37 bits per heavy atom. The third-order valence-electron chi connectivity index (χ3n) is 4.45. The summed E-state index contributed by atoms with van der Waals surface area (Å²) in [5.41, 5.74) is 4.30. The summed E-state index contributed by atoms with van der Waals surface area (Å²) in [6, 6.07) is 6.62. The van der Waals surface area contributed by atoms with Crippen LogP contribution in [0.3, 0.4) is 0 Å². The van der Waals surface area contributed by atoms with Crippen molar-refractivity contribution in [2.24, 2.45) is 5.92 Å². The zero-order valence-electron chi connectivity index (χ0n) is 11.7. The summed E-state index contributed by atoms with van der Waals surface area (Å²) in [6.07, 6.45) is 4.07. The molecule has 1 saturated heterocycles. The molecule has 1 aromatic rings. The average Bonchev–Trinajstić information content (AvgIpc) is 2.85. The molecule has 104 valence electrons. The van der Waals surface area contributed by atoms with Gasteiger partial charge in [-0.05, 0) is 49.3 Å². The van der Waals surface area contributed by atoms with Crippen LogP contribution in [0, 0.1) is 5.92 Å². The lowest BCUT2D eigenvalue weighted by molar-refractivity contribution is 0.105. The van der Waals surface area contributed by atoms with Crippen LogP contribution in [0.1, 0.15) is 30.9 Å². The zero-order chi connectivity index (χ0) is 13.1. The third kappa shape index (κ3) is 2.93. The van der Waals surface area contributed by atoms with Crippen LogP contribution in [-0.2, 0) is 17.7 Å². The Labute approximate surface area is 115 Å². The van der Waals surface area contributed by atoms with Crippen molar-refractivity contribution < 1.29 is 4.74 Å². The van der Waals surface area contributed by atoms with Gasteiger partial charge in [0.15, 0.2) is 0 Å². The first-order valence-corrected chi connectivity index (χ1v) is 7.51. The SMILES string of the molecule is CC1OCCC1CNCc1cccc2c1CCCN2. The van der Waals surface area contributed by atoms with E-state index in [2.05, 4.69) is 35.8 Å². The molecule has 2 N–H and O–H groups in total. The van der Waals surface area contributed by atoms with Gasteiger partial charge in [0.05, 0.1) is 6.10 Å². The van der Waals surface area contributed by atoms with E-state index in [4.69, 9.17) is 4.74 Å². The van der Waals surface area contributed by atoms with E-state index in [1.165, 1.54) is 36.1 Å². The van der Waals surface area contributed by atoms with Crippen molar-refractivity contribution in [1.82, 2.24) is 5.32 Å². The summed E-state index contributed by atoms with van der Waals surface area (Å²) < 4.78 is 5.61. The molecule has 2 aliphatic rings. The van der Waals surface area contributed by atoms with E-state index in [-0.39, 0.29) is 0 Å². The van der Waals surface area contributed by atoms with Crippen molar-refractivity contribution in [2.45, 2.75) is 38.8 Å². The minimum Gasteiger partial charge on any atom is -0.385 e. The molecular weight excluding hydrogens is 236 g/mol. The second-order valence-corrected chi connectivity index (χ2v) is 5.73. The highest BCUT2D eigenvalue weighted by Crippen LogP contribution is 2.25. The van der Waals surface area contributed by atoms with Gasteiger partial charge < -0.3 is 15.4 Å². The van der Waals surface area contributed by atoms with Crippen molar-refractivity contribution in [3.63, 3.8) is 0 Å². The highest BCUT2D eigenvalue weighted by Gasteiger charge is 2.23.